The molecular weight excluding hydrogens is 339 g/mol. The summed E-state index contributed by atoms with van der Waals surface area (Å²) in [6.45, 7) is 6.70. The van der Waals surface area contributed by atoms with Crippen LogP contribution in [0, 0.1) is 11.7 Å². The van der Waals surface area contributed by atoms with E-state index in [0.29, 0.717) is 35.0 Å². The van der Waals surface area contributed by atoms with Gasteiger partial charge in [-0.3, -0.25) is 4.79 Å². The molecule has 0 bridgehead atoms. The molecule has 0 unspecified atom stereocenters. The molecule has 2 aromatic rings. The van der Waals surface area contributed by atoms with Crippen LogP contribution in [0.15, 0.2) is 29.4 Å². The van der Waals surface area contributed by atoms with E-state index in [1.165, 1.54) is 17.8 Å². The van der Waals surface area contributed by atoms with Crippen LogP contribution in [0.2, 0.25) is 0 Å². The van der Waals surface area contributed by atoms with Crippen molar-refractivity contribution < 1.29 is 9.18 Å². The lowest BCUT2D eigenvalue weighted by molar-refractivity contribution is -0.120. The van der Waals surface area contributed by atoms with E-state index in [2.05, 4.69) is 29.4 Å². The van der Waals surface area contributed by atoms with Gasteiger partial charge >= 0.3 is 0 Å². The number of carbonyl (C=O) groups is 1. The minimum atomic E-state index is -0.323. The number of thioether (sulfide) groups is 1. The minimum Gasteiger partial charge on any atom is -0.352 e. The summed E-state index contributed by atoms with van der Waals surface area (Å²) in [5.74, 6) is 0.538. The van der Waals surface area contributed by atoms with Crippen LogP contribution < -0.4 is 5.32 Å². The number of rotatable bonds is 7. The zero-order chi connectivity index (χ0) is 18.0. The highest BCUT2D eigenvalue weighted by Crippen LogP contribution is 2.29. The van der Waals surface area contributed by atoms with Gasteiger partial charge in [0, 0.05) is 12.6 Å². The van der Waals surface area contributed by atoms with Gasteiger partial charge in [-0.1, -0.05) is 37.7 Å². The highest BCUT2D eigenvalue weighted by molar-refractivity contribution is 8.00. The maximum atomic E-state index is 14.2. The normalized spacial score (nSPS) is 15.4. The first-order valence-electron chi connectivity index (χ1n) is 8.61. The quantitative estimate of drug-likeness (QED) is 0.766. The second-order valence-electron chi connectivity index (χ2n) is 6.83. The molecule has 0 spiro atoms. The Balaban J connectivity index is 1.86. The van der Waals surface area contributed by atoms with E-state index in [9.17, 15) is 9.18 Å². The Hall–Kier alpha value is -1.89. The summed E-state index contributed by atoms with van der Waals surface area (Å²) in [5.41, 5.74) is 0.428. The predicted molar refractivity (Wildman–Crippen MR) is 96.7 cm³/mol. The highest BCUT2D eigenvalue weighted by Gasteiger charge is 2.27. The third kappa shape index (κ3) is 4.39. The molecule has 7 heteroatoms. The van der Waals surface area contributed by atoms with Crippen LogP contribution in [0.1, 0.15) is 33.6 Å². The van der Waals surface area contributed by atoms with Gasteiger partial charge in [0.1, 0.15) is 5.82 Å². The first-order valence-corrected chi connectivity index (χ1v) is 9.48. The van der Waals surface area contributed by atoms with Gasteiger partial charge in [0.05, 0.1) is 10.8 Å². The van der Waals surface area contributed by atoms with Gasteiger partial charge < -0.3 is 9.88 Å². The first-order chi connectivity index (χ1) is 12.0. The summed E-state index contributed by atoms with van der Waals surface area (Å²) in [6.07, 6.45) is 2.12. The lowest BCUT2D eigenvalue weighted by atomic mass is 10.2. The monoisotopic (exact) mass is 362 g/mol. The van der Waals surface area contributed by atoms with E-state index >= 15 is 0 Å². The predicted octanol–water partition coefficient (Wildman–Crippen LogP) is 3.50. The molecule has 0 radical (unpaired) electrons. The number of nitrogens with one attached hydrogen (secondary N) is 1. The van der Waals surface area contributed by atoms with Gasteiger partial charge in [-0.05, 0) is 37.8 Å². The summed E-state index contributed by atoms with van der Waals surface area (Å²) in [5, 5.41) is 11.8. The number of aromatic nitrogens is 3. The molecule has 1 saturated carbocycles. The van der Waals surface area contributed by atoms with Gasteiger partial charge in [-0.2, -0.15) is 0 Å². The smallest absolute Gasteiger partial charge is 0.233 e. The van der Waals surface area contributed by atoms with E-state index in [4.69, 9.17) is 0 Å². The molecule has 1 aliphatic rings. The Bertz CT molecular complexity index is 757. The summed E-state index contributed by atoms with van der Waals surface area (Å²) < 4.78 is 16.1. The second-order valence-corrected chi connectivity index (χ2v) is 8.14. The van der Waals surface area contributed by atoms with E-state index in [-0.39, 0.29) is 17.0 Å². The van der Waals surface area contributed by atoms with E-state index in [1.807, 2.05) is 11.5 Å². The van der Waals surface area contributed by atoms with Crippen LogP contribution in [0.3, 0.4) is 0 Å². The molecule has 1 fully saturated rings. The van der Waals surface area contributed by atoms with Crippen LogP contribution in [-0.2, 0) is 11.3 Å². The highest BCUT2D eigenvalue weighted by atomic mass is 32.2. The Morgan fingerprint density at radius 1 is 1.32 bits per heavy atom. The Kier molecular flexibility index (Phi) is 5.42. The topological polar surface area (TPSA) is 59.8 Å². The lowest BCUT2D eigenvalue weighted by Gasteiger charge is -2.15. The molecule has 1 N–H and O–H groups in total. The largest absolute Gasteiger partial charge is 0.352 e. The average Bonchev–Trinajstić information content (AvgIpc) is 3.30. The van der Waals surface area contributed by atoms with Crippen molar-refractivity contribution in [3.63, 3.8) is 0 Å². The van der Waals surface area contributed by atoms with Crippen molar-refractivity contribution in [3.8, 4) is 11.4 Å². The zero-order valence-electron chi connectivity index (χ0n) is 14.7. The Morgan fingerprint density at radius 2 is 2.04 bits per heavy atom. The molecule has 0 aliphatic heterocycles. The number of halogens is 1. The van der Waals surface area contributed by atoms with Crippen molar-refractivity contribution in [1.29, 1.82) is 0 Å². The van der Waals surface area contributed by atoms with E-state index in [1.54, 1.807) is 18.2 Å². The van der Waals surface area contributed by atoms with Crippen LogP contribution in [-0.4, -0.2) is 32.0 Å². The maximum absolute atomic E-state index is 14.2. The summed E-state index contributed by atoms with van der Waals surface area (Å²) in [6, 6.07) is 6.89. The fourth-order valence-electron chi connectivity index (χ4n) is 2.51. The number of carbonyl (C=O) groups excluding carboxylic acids is 1. The fourth-order valence-corrected chi connectivity index (χ4v) is 3.37. The number of hydrogen-bond donors (Lipinski definition) is 1. The molecular formula is C18H23FN4OS. The van der Waals surface area contributed by atoms with Gasteiger partial charge in [-0.25, -0.2) is 4.39 Å². The average molecular weight is 362 g/mol. The third-order valence-corrected chi connectivity index (χ3v) is 5.03. The number of amides is 1. The lowest BCUT2D eigenvalue weighted by Crippen LogP contribution is -2.32. The maximum Gasteiger partial charge on any atom is 0.233 e. The minimum absolute atomic E-state index is 0.0130. The molecule has 1 amide bonds. The third-order valence-electron chi connectivity index (χ3n) is 3.95. The van der Waals surface area contributed by atoms with Gasteiger partial charge in [-0.15, -0.1) is 10.2 Å². The van der Waals surface area contributed by atoms with Crippen molar-refractivity contribution >= 4 is 17.7 Å². The molecule has 1 heterocycles. The summed E-state index contributed by atoms with van der Waals surface area (Å²) >= 11 is 1.37. The molecule has 1 aromatic carbocycles. The molecule has 5 nitrogen and oxygen atoms in total. The fraction of sp³-hybridized carbons (Fsp3) is 0.500. The molecule has 1 atom stereocenters. The number of nitrogens with zero attached hydrogens (tertiary/aromatic N) is 3. The molecule has 25 heavy (non-hydrogen) atoms. The second kappa shape index (κ2) is 7.56. The number of hydrogen-bond acceptors (Lipinski definition) is 4. The van der Waals surface area contributed by atoms with Crippen LogP contribution in [0.25, 0.3) is 11.4 Å². The van der Waals surface area contributed by atoms with Crippen LogP contribution in [0.5, 0.6) is 0 Å². The zero-order valence-corrected chi connectivity index (χ0v) is 15.5. The molecule has 1 aromatic heterocycles. The van der Waals surface area contributed by atoms with E-state index in [0.717, 1.165) is 12.8 Å². The van der Waals surface area contributed by atoms with E-state index < -0.39 is 0 Å². The first kappa shape index (κ1) is 17.9. The van der Waals surface area contributed by atoms with Crippen molar-refractivity contribution in [3.05, 3.63) is 30.1 Å². The Labute approximate surface area is 151 Å². The van der Waals surface area contributed by atoms with Gasteiger partial charge in [0.2, 0.25) is 5.91 Å². The van der Waals surface area contributed by atoms with Crippen LogP contribution >= 0.6 is 11.8 Å². The Morgan fingerprint density at radius 3 is 2.68 bits per heavy atom. The van der Waals surface area contributed by atoms with Crippen molar-refractivity contribution in [2.75, 3.05) is 0 Å². The van der Waals surface area contributed by atoms with Crippen molar-refractivity contribution in [1.82, 2.24) is 20.1 Å². The molecule has 0 saturated heterocycles. The van der Waals surface area contributed by atoms with Crippen LogP contribution in [0.4, 0.5) is 4.39 Å². The standard InChI is InChI=1S/C18H23FN4OS/c1-11(2)10-23-16(14-6-4-5-7-15(14)19)21-22-18(23)25-12(3)17(24)20-13-8-9-13/h4-7,11-13H,8-10H2,1-3H3,(H,20,24)/t12-/m1/s1. The number of benzene rings is 1. The summed E-state index contributed by atoms with van der Waals surface area (Å²) in [7, 11) is 0. The van der Waals surface area contributed by atoms with Crippen molar-refractivity contribution in [2.45, 2.75) is 56.6 Å². The molecule has 3 rings (SSSR count). The van der Waals surface area contributed by atoms with Gasteiger partial charge in [0.15, 0.2) is 11.0 Å². The SMILES string of the molecule is CC(C)Cn1c(S[C@H](C)C(=O)NC2CC2)nnc1-c1ccccc1F. The van der Waals surface area contributed by atoms with Gasteiger partial charge in [0.25, 0.3) is 0 Å². The molecule has 134 valence electrons. The summed E-state index contributed by atoms with van der Waals surface area (Å²) in [4.78, 5) is 12.2. The van der Waals surface area contributed by atoms with Crippen molar-refractivity contribution in [2.24, 2.45) is 5.92 Å². The molecule has 1 aliphatic carbocycles.